The predicted octanol–water partition coefficient (Wildman–Crippen LogP) is 1.33. The summed E-state index contributed by atoms with van der Waals surface area (Å²) in [5.74, 6) is -0.500. The number of hydrogen-bond acceptors (Lipinski definition) is 5. The Morgan fingerprint density at radius 3 is 2.67 bits per heavy atom. The number of aromatic nitrogens is 2. The Morgan fingerprint density at radius 1 is 1.43 bits per heavy atom. The van der Waals surface area contributed by atoms with Crippen molar-refractivity contribution in [2.24, 2.45) is 0 Å². The van der Waals surface area contributed by atoms with Crippen molar-refractivity contribution in [1.29, 1.82) is 0 Å². The zero-order chi connectivity index (χ0) is 15.6. The number of sulfonamides is 1. The van der Waals surface area contributed by atoms with Crippen LogP contribution in [0.5, 0.6) is 0 Å². The zero-order valence-electron chi connectivity index (χ0n) is 11.3. The lowest BCUT2D eigenvalue weighted by atomic mass is 10.4. The van der Waals surface area contributed by atoms with Crippen molar-refractivity contribution in [2.45, 2.75) is 24.6 Å². The molecule has 0 aromatic carbocycles. The average molecular weight is 393 g/mol. The van der Waals surface area contributed by atoms with Gasteiger partial charge in [-0.3, -0.25) is 14.9 Å². The number of aryl methyl sites for hydroxylation is 2. The summed E-state index contributed by atoms with van der Waals surface area (Å²) in [5.41, 5.74) is 3.79. The van der Waals surface area contributed by atoms with E-state index >= 15 is 0 Å². The van der Waals surface area contributed by atoms with Gasteiger partial charge in [-0.05, 0) is 48.0 Å². The number of carbonyl (C=O) groups is 1. The van der Waals surface area contributed by atoms with E-state index in [1.165, 1.54) is 10.7 Å². The molecule has 2 heterocycles. The fraction of sp³-hybridized carbons (Fsp3) is 0.273. The van der Waals surface area contributed by atoms with Crippen LogP contribution in [0.4, 0.5) is 0 Å². The van der Waals surface area contributed by atoms with Crippen LogP contribution in [-0.4, -0.2) is 24.1 Å². The molecular weight excluding hydrogens is 380 g/mol. The van der Waals surface area contributed by atoms with E-state index in [1.807, 2.05) is 19.9 Å². The van der Waals surface area contributed by atoms with Crippen molar-refractivity contribution in [3.63, 3.8) is 0 Å². The lowest BCUT2D eigenvalue weighted by molar-refractivity contribution is -0.122. The third kappa shape index (κ3) is 4.13. The normalized spacial score (nSPS) is 11.6. The molecule has 1 amide bonds. The molecule has 0 aliphatic rings. The minimum Gasteiger partial charge on any atom is -0.276 e. The van der Waals surface area contributed by atoms with Gasteiger partial charge < -0.3 is 0 Å². The fourth-order valence-electron chi connectivity index (χ4n) is 1.63. The molecule has 114 valence electrons. The van der Waals surface area contributed by atoms with E-state index in [0.29, 0.717) is 3.79 Å². The minimum absolute atomic E-state index is 0.0592. The van der Waals surface area contributed by atoms with Crippen molar-refractivity contribution >= 4 is 43.2 Å². The van der Waals surface area contributed by atoms with E-state index in [9.17, 15) is 13.2 Å². The van der Waals surface area contributed by atoms with E-state index in [1.54, 1.807) is 6.07 Å². The van der Waals surface area contributed by atoms with E-state index < -0.39 is 15.9 Å². The second kappa shape index (κ2) is 6.26. The van der Waals surface area contributed by atoms with Crippen molar-refractivity contribution in [2.75, 3.05) is 0 Å². The van der Waals surface area contributed by atoms with Gasteiger partial charge in [0.2, 0.25) is 0 Å². The van der Waals surface area contributed by atoms with Crippen molar-refractivity contribution in [3.8, 4) is 0 Å². The van der Waals surface area contributed by atoms with Crippen molar-refractivity contribution < 1.29 is 13.2 Å². The Balaban J connectivity index is 1.96. The van der Waals surface area contributed by atoms with Gasteiger partial charge in [0.25, 0.3) is 15.9 Å². The van der Waals surface area contributed by atoms with Gasteiger partial charge in [0.1, 0.15) is 10.8 Å². The molecule has 0 atom stereocenters. The molecule has 0 spiro atoms. The molecule has 0 unspecified atom stereocenters. The smallest absolute Gasteiger partial charge is 0.266 e. The molecule has 0 fully saturated rings. The summed E-state index contributed by atoms with van der Waals surface area (Å²) in [6.45, 7) is 3.58. The standard InChI is InChI=1S/C11H13BrN4O3S2/c1-7-5-8(2)16(14-7)6-10(17)13-15-21(18,19)11-4-3-9(12)20-11/h3-5,15H,6H2,1-2H3,(H,13,17). The molecule has 2 N–H and O–H groups in total. The first-order chi connectivity index (χ1) is 9.78. The van der Waals surface area contributed by atoms with Gasteiger partial charge in [-0.2, -0.15) is 5.10 Å². The van der Waals surface area contributed by atoms with E-state index in [0.717, 1.165) is 22.7 Å². The molecule has 0 aliphatic carbocycles. The predicted molar refractivity (Wildman–Crippen MR) is 82.2 cm³/mol. The van der Waals surface area contributed by atoms with Gasteiger partial charge in [0.15, 0.2) is 0 Å². The Bertz CT molecular complexity index is 766. The van der Waals surface area contributed by atoms with Gasteiger partial charge in [0, 0.05) is 5.69 Å². The number of carbonyl (C=O) groups excluding carboxylic acids is 1. The number of amides is 1. The first-order valence-corrected chi connectivity index (χ1v) is 8.94. The van der Waals surface area contributed by atoms with Gasteiger partial charge in [0.05, 0.1) is 9.48 Å². The van der Waals surface area contributed by atoms with Crippen LogP contribution in [0.25, 0.3) is 0 Å². The molecule has 21 heavy (non-hydrogen) atoms. The summed E-state index contributed by atoms with van der Waals surface area (Å²) in [4.78, 5) is 13.8. The molecule has 0 saturated heterocycles. The average Bonchev–Trinajstić information content (AvgIpc) is 2.94. The maximum absolute atomic E-state index is 11.9. The summed E-state index contributed by atoms with van der Waals surface area (Å²) in [6.07, 6.45) is 0. The van der Waals surface area contributed by atoms with Gasteiger partial charge in [-0.1, -0.05) is 0 Å². The minimum atomic E-state index is -3.75. The number of hydrogen-bond donors (Lipinski definition) is 2. The van der Waals surface area contributed by atoms with Crippen LogP contribution in [0.2, 0.25) is 0 Å². The van der Waals surface area contributed by atoms with Crippen LogP contribution < -0.4 is 10.3 Å². The van der Waals surface area contributed by atoms with E-state index in [4.69, 9.17) is 0 Å². The summed E-state index contributed by atoms with van der Waals surface area (Å²) in [5, 5.41) is 4.13. The van der Waals surface area contributed by atoms with Gasteiger partial charge in [-0.15, -0.1) is 16.2 Å². The third-order valence-electron chi connectivity index (χ3n) is 2.53. The van der Waals surface area contributed by atoms with E-state index in [-0.39, 0.29) is 10.8 Å². The van der Waals surface area contributed by atoms with Gasteiger partial charge in [-0.25, -0.2) is 8.42 Å². The monoisotopic (exact) mass is 392 g/mol. The SMILES string of the molecule is Cc1cc(C)n(CC(=O)NNS(=O)(=O)c2ccc(Br)s2)n1. The Labute approximate surface area is 134 Å². The highest BCUT2D eigenvalue weighted by molar-refractivity contribution is 9.11. The summed E-state index contributed by atoms with van der Waals surface area (Å²) in [7, 11) is -3.75. The van der Waals surface area contributed by atoms with Crippen LogP contribution in [0.1, 0.15) is 11.4 Å². The molecule has 10 heteroatoms. The second-order valence-corrected chi connectivity index (χ2v) is 8.67. The van der Waals surface area contributed by atoms with Gasteiger partial charge >= 0.3 is 0 Å². The molecule has 0 radical (unpaired) electrons. The Kier molecular flexibility index (Phi) is 4.81. The number of rotatable bonds is 5. The highest BCUT2D eigenvalue weighted by Crippen LogP contribution is 2.25. The highest BCUT2D eigenvalue weighted by Gasteiger charge is 2.17. The van der Waals surface area contributed by atoms with E-state index in [2.05, 4.69) is 31.3 Å². The van der Waals surface area contributed by atoms with Crippen LogP contribution >= 0.6 is 27.3 Å². The quantitative estimate of drug-likeness (QED) is 0.750. The summed E-state index contributed by atoms with van der Waals surface area (Å²) >= 11 is 4.24. The zero-order valence-corrected chi connectivity index (χ0v) is 14.5. The molecular formula is C11H13BrN4O3S2. The molecule has 0 bridgehead atoms. The molecule has 7 nitrogen and oxygen atoms in total. The summed E-state index contributed by atoms with van der Waals surface area (Å²) in [6, 6.07) is 4.90. The fourth-order valence-corrected chi connectivity index (χ4v) is 4.50. The molecule has 2 aromatic heterocycles. The number of nitrogens with zero attached hydrogens (tertiary/aromatic N) is 2. The first-order valence-electron chi connectivity index (χ1n) is 5.85. The van der Waals surface area contributed by atoms with Crippen LogP contribution in [0, 0.1) is 13.8 Å². The summed E-state index contributed by atoms with van der Waals surface area (Å²) < 4.78 is 26.1. The highest BCUT2D eigenvalue weighted by atomic mass is 79.9. The molecule has 2 aromatic rings. The Hall–Kier alpha value is -1.23. The number of halogens is 1. The van der Waals surface area contributed by atoms with Crippen LogP contribution in [-0.2, 0) is 21.4 Å². The number of thiophene rings is 1. The third-order valence-corrected chi connectivity index (χ3v) is 5.90. The largest absolute Gasteiger partial charge is 0.276 e. The number of nitrogens with one attached hydrogen (secondary N) is 2. The van der Waals surface area contributed by atoms with Crippen LogP contribution in [0.3, 0.4) is 0 Å². The molecule has 0 saturated carbocycles. The first kappa shape index (κ1) is 16.1. The topological polar surface area (TPSA) is 93.1 Å². The maximum atomic E-state index is 11.9. The lowest BCUT2D eigenvalue weighted by Crippen LogP contribution is -2.43. The Morgan fingerprint density at radius 2 is 2.14 bits per heavy atom. The lowest BCUT2D eigenvalue weighted by Gasteiger charge is -2.08. The van der Waals surface area contributed by atoms with Crippen LogP contribution in [0.15, 0.2) is 26.2 Å². The molecule has 0 aliphatic heterocycles. The maximum Gasteiger partial charge on any atom is 0.266 e. The van der Waals surface area contributed by atoms with Crippen molar-refractivity contribution in [3.05, 3.63) is 33.4 Å². The number of hydrazine groups is 1. The second-order valence-electron chi connectivity index (χ2n) is 4.30. The molecule has 2 rings (SSSR count). The van der Waals surface area contributed by atoms with Crippen molar-refractivity contribution in [1.82, 2.24) is 20.0 Å².